The normalized spacial score (nSPS) is 20.4. The first-order chi connectivity index (χ1) is 16.1. The number of likely N-dealkylation sites (tertiary alicyclic amines) is 1. The molecule has 1 aromatic heterocycles. The Labute approximate surface area is 195 Å². The van der Waals surface area contributed by atoms with Crippen molar-refractivity contribution in [2.45, 2.75) is 51.2 Å². The first-order valence-electron chi connectivity index (χ1n) is 12.1. The lowest BCUT2D eigenvalue weighted by molar-refractivity contribution is -0.134. The molecule has 33 heavy (non-hydrogen) atoms. The first-order valence-corrected chi connectivity index (χ1v) is 12.1. The van der Waals surface area contributed by atoms with Gasteiger partial charge in [-0.3, -0.25) is 4.79 Å². The number of piperidine rings is 1. The molecule has 6 nitrogen and oxygen atoms in total. The number of para-hydroxylation sites is 1. The number of amides is 1. The Hall–Kier alpha value is -2.99. The summed E-state index contributed by atoms with van der Waals surface area (Å²) in [5, 5.41) is 11.8. The standard InChI is InChI=1S/C27H32N4O2/c1-19-22-10-5-6-11-23(22)29-27(28-19)31-15-7-12-24(31)26(33)30-16-13-21(14-17-30)25(32)18-20-8-3-2-4-9-20/h2-6,8-11,21,24-25,32H,7,12-18H2,1H3/t24-,25-/m0/s1. The average molecular weight is 445 g/mol. The number of anilines is 1. The van der Waals surface area contributed by atoms with E-state index in [2.05, 4.69) is 17.0 Å². The molecule has 0 bridgehead atoms. The van der Waals surface area contributed by atoms with Crippen LogP contribution < -0.4 is 4.90 Å². The van der Waals surface area contributed by atoms with E-state index >= 15 is 0 Å². The summed E-state index contributed by atoms with van der Waals surface area (Å²) in [5.74, 6) is 1.08. The maximum Gasteiger partial charge on any atom is 0.245 e. The van der Waals surface area contributed by atoms with Crippen molar-refractivity contribution >= 4 is 22.8 Å². The number of aromatic nitrogens is 2. The van der Waals surface area contributed by atoms with Gasteiger partial charge in [-0.15, -0.1) is 0 Å². The van der Waals surface area contributed by atoms with E-state index in [1.54, 1.807) is 0 Å². The Bertz CT molecular complexity index is 1110. The summed E-state index contributed by atoms with van der Waals surface area (Å²) in [6.45, 7) is 4.22. The highest BCUT2D eigenvalue weighted by Crippen LogP contribution is 2.29. The number of hydrogen-bond donors (Lipinski definition) is 1. The van der Waals surface area contributed by atoms with Gasteiger partial charge < -0.3 is 14.9 Å². The number of nitrogens with zero attached hydrogens (tertiary/aromatic N) is 4. The zero-order valence-corrected chi connectivity index (χ0v) is 19.2. The molecule has 0 spiro atoms. The molecule has 1 amide bonds. The number of aryl methyl sites for hydroxylation is 1. The minimum absolute atomic E-state index is 0.179. The van der Waals surface area contributed by atoms with Gasteiger partial charge in [0.25, 0.3) is 0 Å². The van der Waals surface area contributed by atoms with Crippen LogP contribution in [0.5, 0.6) is 0 Å². The first kappa shape index (κ1) is 21.8. The minimum atomic E-state index is -0.360. The number of benzene rings is 2. The highest BCUT2D eigenvalue weighted by Gasteiger charge is 2.37. The number of aliphatic hydroxyl groups is 1. The molecule has 6 heteroatoms. The van der Waals surface area contributed by atoms with Crippen molar-refractivity contribution in [2.75, 3.05) is 24.5 Å². The maximum atomic E-state index is 13.5. The van der Waals surface area contributed by atoms with Crippen molar-refractivity contribution in [3.8, 4) is 0 Å². The van der Waals surface area contributed by atoms with Crippen LogP contribution in [0.3, 0.4) is 0 Å². The van der Waals surface area contributed by atoms with E-state index in [1.807, 2.05) is 54.3 Å². The predicted octanol–water partition coefficient (Wildman–Crippen LogP) is 3.75. The van der Waals surface area contributed by atoms with Crippen LogP contribution in [0.15, 0.2) is 54.6 Å². The van der Waals surface area contributed by atoms with Crippen LogP contribution >= 0.6 is 0 Å². The smallest absolute Gasteiger partial charge is 0.245 e. The van der Waals surface area contributed by atoms with Gasteiger partial charge in [-0.05, 0) is 56.6 Å². The van der Waals surface area contributed by atoms with Crippen molar-refractivity contribution in [1.82, 2.24) is 14.9 Å². The van der Waals surface area contributed by atoms with Crippen molar-refractivity contribution in [3.05, 3.63) is 65.9 Å². The molecule has 2 atom stereocenters. The second-order valence-corrected chi connectivity index (χ2v) is 9.40. The Kier molecular flexibility index (Phi) is 6.27. The van der Waals surface area contributed by atoms with Crippen molar-refractivity contribution in [2.24, 2.45) is 5.92 Å². The number of hydrogen-bond acceptors (Lipinski definition) is 5. The minimum Gasteiger partial charge on any atom is -0.392 e. The fourth-order valence-corrected chi connectivity index (χ4v) is 5.35. The lowest BCUT2D eigenvalue weighted by Gasteiger charge is -2.37. The third-order valence-corrected chi connectivity index (χ3v) is 7.26. The number of fused-ring (bicyclic) bond motifs is 1. The topological polar surface area (TPSA) is 69.6 Å². The van der Waals surface area contributed by atoms with Crippen LogP contribution in [0.4, 0.5) is 5.95 Å². The molecular formula is C27H32N4O2. The summed E-state index contributed by atoms with van der Waals surface area (Å²) < 4.78 is 0. The molecule has 2 aliphatic heterocycles. The summed E-state index contributed by atoms with van der Waals surface area (Å²) in [7, 11) is 0. The van der Waals surface area contributed by atoms with E-state index in [0.717, 1.165) is 54.4 Å². The van der Waals surface area contributed by atoms with Gasteiger partial charge >= 0.3 is 0 Å². The molecule has 0 unspecified atom stereocenters. The monoisotopic (exact) mass is 444 g/mol. The molecule has 2 aliphatic rings. The van der Waals surface area contributed by atoms with Crippen LogP contribution in [0.25, 0.3) is 10.9 Å². The Balaban J connectivity index is 1.23. The fourth-order valence-electron chi connectivity index (χ4n) is 5.35. The average Bonchev–Trinajstić information content (AvgIpc) is 3.34. The van der Waals surface area contributed by atoms with E-state index in [9.17, 15) is 9.90 Å². The Morgan fingerprint density at radius 3 is 2.52 bits per heavy atom. The second kappa shape index (κ2) is 9.48. The number of aliphatic hydroxyl groups excluding tert-OH is 1. The third kappa shape index (κ3) is 4.58. The summed E-state index contributed by atoms with van der Waals surface area (Å²) in [5.41, 5.74) is 3.03. The van der Waals surface area contributed by atoms with Crippen LogP contribution in [0, 0.1) is 12.8 Å². The Morgan fingerprint density at radius 2 is 1.73 bits per heavy atom. The predicted molar refractivity (Wildman–Crippen MR) is 130 cm³/mol. The van der Waals surface area contributed by atoms with E-state index in [1.165, 1.54) is 0 Å². The highest BCUT2D eigenvalue weighted by molar-refractivity contribution is 5.86. The number of carbonyl (C=O) groups is 1. The van der Waals surface area contributed by atoms with Crippen molar-refractivity contribution in [3.63, 3.8) is 0 Å². The molecule has 3 heterocycles. The van der Waals surface area contributed by atoms with Crippen LogP contribution in [0.1, 0.15) is 36.9 Å². The van der Waals surface area contributed by atoms with Gasteiger partial charge in [-0.1, -0.05) is 48.5 Å². The van der Waals surface area contributed by atoms with Crippen LogP contribution in [-0.4, -0.2) is 57.7 Å². The molecule has 3 aromatic rings. The fraction of sp³-hybridized carbons (Fsp3) is 0.444. The molecule has 2 saturated heterocycles. The summed E-state index contributed by atoms with van der Waals surface area (Å²) in [4.78, 5) is 27.1. The maximum absolute atomic E-state index is 13.5. The summed E-state index contributed by atoms with van der Waals surface area (Å²) in [6.07, 6.45) is 3.81. The molecule has 0 radical (unpaired) electrons. The molecule has 2 aromatic carbocycles. The molecular weight excluding hydrogens is 412 g/mol. The zero-order valence-electron chi connectivity index (χ0n) is 19.2. The van der Waals surface area contributed by atoms with Gasteiger partial charge in [0.15, 0.2) is 0 Å². The second-order valence-electron chi connectivity index (χ2n) is 9.40. The molecule has 5 rings (SSSR count). The molecule has 172 valence electrons. The molecule has 0 aliphatic carbocycles. The SMILES string of the molecule is Cc1nc(N2CCC[C@H]2C(=O)N2CCC([C@@H](O)Cc3ccccc3)CC2)nc2ccccc12. The molecule has 2 fully saturated rings. The zero-order chi connectivity index (χ0) is 22.8. The molecule has 1 N–H and O–H groups in total. The highest BCUT2D eigenvalue weighted by atomic mass is 16.3. The quantitative estimate of drug-likeness (QED) is 0.649. The van der Waals surface area contributed by atoms with Crippen LogP contribution in [0.2, 0.25) is 0 Å². The largest absolute Gasteiger partial charge is 0.392 e. The van der Waals surface area contributed by atoms with Crippen LogP contribution in [-0.2, 0) is 11.2 Å². The van der Waals surface area contributed by atoms with Gasteiger partial charge in [0.05, 0.1) is 17.3 Å². The number of carbonyl (C=O) groups excluding carboxylic acids is 1. The van der Waals surface area contributed by atoms with E-state index < -0.39 is 0 Å². The number of rotatable bonds is 5. The molecule has 0 saturated carbocycles. The van der Waals surface area contributed by atoms with Gasteiger partial charge in [0, 0.05) is 25.0 Å². The third-order valence-electron chi connectivity index (χ3n) is 7.26. The van der Waals surface area contributed by atoms with E-state index in [4.69, 9.17) is 9.97 Å². The lowest BCUT2D eigenvalue weighted by atomic mass is 9.87. The van der Waals surface area contributed by atoms with Crippen molar-refractivity contribution < 1.29 is 9.90 Å². The van der Waals surface area contributed by atoms with Gasteiger partial charge in [-0.25, -0.2) is 9.97 Å². The summed E-state index contributed by atoms with van der Waals surface area (Å²) >= 11 is 0. The van der Waals surface area contributed by atoms with Gasteiger partial charge in [0.2, 0.25) is 11.9 Å². The van der Waals surface area contributed by atoms with Gasteiger partial charge in [-0.2, -0.15) is 0 Å². The van der Waals surface area contributed by atoms with Crippen molar-refractivity contribution in [1.29, 1.82) is 0 Å². The summed E-state index contributed by atoms with van der Waals surface area (Å²) in [6, 6.07) is 18.0. The lowest BCUT2D eigenvalue weighted by Crippen LogP contribution is -2.50. The van der Waals surface area contributed by atoms with E-state index in [-0.39, 0.29) is 24.0 Å². The van der Waals surface area contributed by atoms with Gasteiger partial charge in [0.1, 0.15) is 6.04 Å². The van der Waals surface area contributed by atoms with E-state index in [0.29, 0.717) is 25.5 Å². The Morgan fingerprint density at radius 1 is 1.00 bits per heavy atom.